The first-order valence-corrected chi connectivity index (χ1v) is 11.0. The van der Waals surface area contributed by atoms with Gasteiger partial charge in [-0.2, -0.15) is 0 Å². The Kier molecular flexibility index (Phi) is 10.9. The number of hydrogen-bond acceptors (Lipinski definition) is 5. The number of likely N-dealkylation sites (N-methyl/N-ethyl adjacent to an activating group) is 4. The number of piperazine rings is 2. The average molecular weight is 505 g/mol. The van der Waals surface area contributed by atoms with Crippen molar-refractivity contribution in [3.05, 3.63) is 18.2 Å². The van der Waals surface area contributed by atoms with E-state index in [1.54, 1.807) is 12.1 Å². The number of rotatable bonds is 6. The second-order valence-corrected chi connectivity index (χ2v) is 9.88. The molecule has 2 aliphatic rings. The van der Waals surface area contributed by atoms with Crippen LogP contribution in [0.5, 0.6) is 5.75 Å². The summed E-state index contributed by atoms with van der Waals surface area (Å²) in [6.07, 6.45) is 0. The predicted octanol–water partition coefficient (Wildman–Crippen LogP) is -5.94. The van der Waals surface area contributed by atoms with Crippen LogP contribution < -0.4 is 35.4 Å². The highest BCUT2D eigenvalue weighted by Gasteiger charge is 2.31. The molecule has 11 heteroatoms. The van der Waals surface area contributed by atoms with Gasteiger partial charge < -0.3 is 49.5 Å². The molecule has 0 radical (unpaired) electrons. The fourth-order valence-corrected chi connectivity index (χ4v) is 4.21. The highest BCUT2D eigenvalue weighted by molar-refractivity contribution is 5.95. The summed E-state index contributed by atoms with van der Waals surface area (Å²) in [6.45, 7) is 8.40. The third kappa shape index (κ3) is 8.59. The first kappa shape index (κ1) is 29.4. The molecule has 9 nitrogen and oxygen atoms in total. The van der Waals surface area contributed by atoms with E-state index in [-0.39, 0.29) is 42.4 Å². The summed E-state index contributed by atoms with van der Waals surface area (Å²) in [7, 11) is 8.38. The number of hydrogen-bond donors (Lipinski definition) is 3. The van der Waals surface area contributed by atoms with Gasteiger partial charge in [0, 0.05) is 37.9 Å². The lowest BCUT2D eigenvalue weighted by atomic mass is 10.2. The maximum absolute atomic E-state index is 12.5. The molecule has 2 heterocycles. The third-order valence-electron chi connectivity index (χ3n) is 6.69. The van der Waals surface area contributed by atoms with Crippen LogP contribution >= 0.6 is 0 Å². The maximum Gasteiger partial charge on any atom is 0.279 e. The summed E-state index contributed by atoms with van der Waals surface area (Å²) in [5, 5.41) is 16.1. The number of phenols is 1. The van der Waals surface area contributed by atoms with Gasteiger partial charge >= 0.3 is 0 Å². The minimum absolute atomic E-state index is 0. The summed E-state index contributed by atoms with van der Waals surface area (Å²) in [5.74, 6) is -0.241. The highest BCUT2D eigenvalue weighted by Crippen LogP contribution is 2.27. The van der Waals surface area contributed by atoms with Crippen LogP contribution in [0.3, 0.4) is 0 Å². The van der Waals surface area contributed by atoms with E-state index in [1.807, 2.05) is 0 Å². The van der Waals surface area contributed by atoms with Crippen molar-refractivity contribution in [1.29, 1.82) is 0 Å². The van der Waals surface area contributed by atoms with Gasteiger partial charge in [0.2, 0.25) is 0 Å². The van der Waals surface area contributed by atoms with Crippen LogP contribution in [0.4, 0.5) is 11.4 Å². The predicted molar refractivity (Wildman–Crippen MR) is 122 cm³/mol. The SMILES string of the molecule is CN1CC[N+](C)(CC(=O)Nc2ccc(NC(=O)C[N+]3(C)CCN(C)CC3)c(O)c2)CC1.[Cl-].[Cl-]. The molecule has 0 atom stereocenters. The van der Waals surface area contributed by atoms with Gasteiger partial charge in [-0.25, -0.2) is 0 Å². The van der Waals surface area contributed by atoms with Crippen molar-refractivity contribution in [3.63, 3.8) is 0 Å². The van der Waals surface area contributed by atoms with E-state index < -0.39 is 0 Å². The maximum atomic E-state index is 12.5. The Balaban J connectivity index is 0.00000272. The number of anilines is 2. The lowest BCUT2D eigenvalue weighted by Gasteiger charge is -2.40. The van der Waals surface area contributed by atoms with Gasteiger partial charge in [-0.3, -0.25) is 19.4 Å². The first-order chi connectivity index (χ1) is 14.6. The molecular formula is C22H38Cl2N6O3. The zero-order chi connectivity index (χ0) is 22.6. The molecule has 3 N–H and O–H groups in total. The minimum atomic E-state index is -0.119. The Morgan fingerprint density at radius 1 is 0.848 bits per heavy atom. The molecule has 0 saturated carbocycles. The molecule has 2 fully saturated rings. The Morgan fingerprint density at radius 2 is 1.27 bits per heavy atom. The topological polar surface area (TPSA) is 84.9 Å². The van der Waals surface area contributed by atoms with Gasteiger partial charge in [0.05, 0.1) is 46.0 Å². The second kappa shape index (κ2) is 12.2. The molecule has 0 bridgehead atoms. The largest absolute Gasteiger partial charge is 1.00 e. The van der Waals surface area contributed by atoms with Gasteiger partial charge in [0.25, 0.3) is 11.8 Å². The lowest BCUT2D eigenvalue weighted by molar-refractivity contribution is -0.905. The Bertz CT molecular complexity index is 809. The van der Waals surface area contributed by atoms with E-state index in [9.17, 15) is 14.7 Å². The van der Waals surface area contributed by atoms with Crippen LogP contribution in [0.1, 0.15) is 0 Å². The zero-order valence-electron chi connectivity index (χ0n) is 20.1. The highest BCUT2D eigenvalue weighted by atomic mass is 35.5. The molecule has 33 heavy (non-hydrogen) atoms. The average Bonchev–Trinajstić information content (AvgIpc) is 2.69. The number of nitrogens with zero attached hydrogens (tertiary/aromatic N) is 4. The van der Waals surface area contributed by atoms with Crippen molar-refractivity contribution in [3.8, 4) is 5.75 Å². The molecule has 2 saturated heterocycles. The van der Waals surface area contributed by atoms with E-state index in [4.69, 9.17) is 0 Å². The van der Waals surface area contributed by atoms with Crippen molar-refractivity contribution in [2.45, 2.75) is 0 Å². The van der Waals surface area contributed by atoms with E-state index >= 15 is 0 Å². The first-order valence-electron chi connectivity index (χ1n) is 11.0. The fraction of sp³-hybridized carbons (Fsp3) is 0.636. The number of amides is 2. The van der Waals surface area contributed by atoms with Crippen molar-refractivity contribution < 1.29 is 48.5 Å². The summed E-state index contributed by atoms with van der Waals surface area (Å²) < 4.78 is 1.40. The molecule has 0 unspecified atom stereocenters. The molecule has 0 aromatic heterocycles. The minimum Gasteiger partial charge on any atom is -1.00 e. The number of carbonyl (C=O) groups is 2. The number of carbonyl (C=O) groups excluding carboxylic acids is 2. The van der Waals surface area contributed by atoms with Gasteiger partial charge in [0.15, 0.2) is 13.1 Å². The monoisotopic (exact) mass is 504 g/mol. The Morgan fingerprint density at radius 3 is 1.70 bits per heavy atom. The van der Waals surface area contributed by atoms with Crippen LogP contribution in [-0.2, 0) is 9.59 Å². The molecule has 188 valence electrons. The van der Waals surface area contributed by atoms with Gasteiger partial charge in [-0.15, -0.1) is 0 Å². The third-order valence-corrected chi connectivity index (χ3v) is 6.69. The molecule has 3 rings (SSSR count). The van der Waals surface area contributed by atoms with E-state index in [1.165, 1.54) is 6.07 Å². The molecular weight excluding hydrogens is 467 g/mol. The van der Waals surface area contributed by atoms with E-state index in [0.717, 1.165) is 52.4 Å². The summed E-state index contributed by atoms with van der Waals surface area (Å²) >= 11 is 0. The van der Waals surface area contributed by atoms with Gasteiger partial charge in [-0.05, 0) is 26.2 Å². The second-order valence-electron chi connectivity index (χ2n) is 9.88. The number of aromatic hydroxyl groups is 1. The molecule has 1 aromatic carbocycles. The van der Waals surface area contributed by atoms with Crippen LogP contribution in [0.15, 0.2) is 18.2 Å². The lowest BCUT2D eigenvalue weighted by Crippen LogP contribution is -3.00. The van der Waals surface area contributed by atoms with Crippen molar-refractivity contribution in [2.75, 3.05) is 104 Å². The zero-order valence-corrected chi connectivity index (χ0v) is 21.6. The number of quaternary nitrogens is 2. The number of phenolic OH excluding ortho intramolecular Hbond substituents is 1. The van der Waals surface area contributed by atoms with Crippen LogP contribution in [0.2, 0.25) is 0 Å². The van der Waals surface area contributed by atoms with Gasteiger partial charge in [-0.1, -0.05) is 0 Å². The fourth-order valence-electron chi connectivity index (χ4n) is 4.21. The van der Waals surface area contributed by atoms with Crippen LogP contribution in [-0.4, -0.2) is 129 Å². The molecule has 2 aliphatic heterocycles. The number of benzene rings is 1. The van der Waals surface area contributed by atoms with Gasteiger partial charge in [0.1, 0.15) is 5.75 Å². The summed E-state index contributed by atoms with van der Waals surface area (Å²) in [6, 6.07) is 4.84. The van der Waals surface area contributed by atoms with E-state index in [0.29, 0.717) is 33.4 Å². The summed E-state index contributed by atoms with van der Waals surface area (Å²) in [4.78, 5) is 29.6. The standard InChI is InChI=1S/C22H36N6O3.2ClH/c1-25-7-11-27(3,12-8-25)16-21(30)23-18-5-6-19(20(29)15-18)24-22(31)17-28(4)13-9-26(2)10-14-28;;/h5-6,15H,7-14,16-17H2,1-4H3,(H-2,23,24,29,30,31);2*1H. The molecule has 2 amide bonds. The normalized spacial score (nSPS) is 20.1. The molecule has 0 aliphatic carbocycles. The van der Waals surface area contributed by atoms with Crippen molar-refractivity contribution in [2.24, 2.45) is 0 Å². The quantitative estimate of drug-likeness (QED) is 0.265. The van der Waals surface area contributed by atoms with Crippen LogP contribution in [0, 0.1) is 0 Å². The number of halogens is 2. The Hall–Kier alpha value is -1.62. The molecule has 1 aromatic rings. The van der Waals surface area contributed by atoms with Crippen molar-refractivity contribution in [1.82, 2.24) is 9.80 Å². The molecule has 0 spiro atoms. The van der Waals surface area contributed by atoms with E-state index in [2.05, 4.69) is 48.6 Å². The number of nitrogens with one attached hydrogen (secondary N) is 2. The smallest absolute Gasteiger partial charge is 0.279 e. The van der Waals surface area contributed by atoms with Crippen molar-refractivity contribution >= 4 is 23.2 Å². The Labute approximate surface area is 209 Å². The summed E-state index contributed by atoms with van der Waals surface area (Å²) in [5.41, 5.74) is 0.890. The van der Waals surface area contributed by atoms with Crippen LogP contribution in [0.25, 0.3) is 0 Å².